The SMILES string of the molecule is C=CC(=O)N1CCN(c2nc(=O)n(-c3c(S(C)(=O)=O)ccnc3C3CCC3)c3nc(-c4cnccc4N)c(F)cc23)[C@@H](C)C1. The van der Waals surface area contributed by atoms with Crippen LogP contribution in [0.3, 0.4) is 0 Å². The molecule has 1 amide bonds. The van der Waals surface area contributed by atoms with E-state index in [0.717, 1.165) is 30.1 Å². The van der Waals surface area contributed by atoms with Gasteiger partial charge in [-0.25, -0.2) is 27.2 Å². The molecule has 0 aromatic carbocycles. The average molecular weight is 619 g/mol. The molecule has 4 aromatic heterocycles. The molecule has 2 aliphatic rings. The number of amides is 1. The number of halogens is 1. The summed E-state index contributed by atoms with van der Waals surface area (Å²) in [5.74, 6) is -0.846. The molecule has 1 saturated heterocycles. The van der Waals surface area contributed by atoms with E-state index in [1.807, 2.05) is 11.8 Å². The largest absolute Gasteiger partial charge is 0.398 e. The molecule has 1 aliphatic carbocycles. The molecule has 1 saturated carbocycles. The highest BCUT2D eigenvalue weighted by atomic mass is 32.2. The topological polar surface area (TPSA) is 157 Å². The molecule has 0 unspecified atom stereocenters. The van der Waals surface area contributed by atoms with Gasteiger partial charge in [-0.3, -0.25) is 14.8 Å². The van der Waals surface area contributed by atoms with Gasteiger partial charge in [0.1, 0.15) is 11.5 Å². The second-order valence-electron chi connectivity index (χ2n) is 11.2. The number of anilines is 2. The second-order valence-corrected chi connectivity index (χ2v) is 13.2. The third kappa shape index (κ3) is 4.98. The number of sulfone groups is 1. The predicted molar refractivity (Wildman–Crippen MR) is 164 cm³/mol. The summed E-state index contributed by atoms with van der Waals surface area (Å²) in [6.45, 7) is 6.39. The molecule has 1 aliphatic heterocycles. The summed E-state index contributed by atoms with van der Waals surface area (Å²) in [6.07, 6.45) is 9.05. The van der Waals surface area contributed by atoms with Crippen molar-refractivity contribution in [3.05, 3.63) is 71.4 Å². The number of pyridine rings is 3. The van der Waals surface area contributed by atoms with Gasteiger partial charge in [-0.15, -0.1) is 0 Å². The van der Waals surface area contributed by atoms with E-state index in [1.165, 1.54) is 42.9 Å². The zero-order valence-electron chi connectivity index (χ0n) is 24.3. The van der Waals surface area contributed by atoms with Crippen molar-refractivity contribution < 1.29 is 17.6 Å². The van der Waals surface area contributed by atoms with Crippen molar-refractivity contribution in [1.29, 1.82) is 0 Å². The number of hydrogen-bond donors (Lipinski definition) is 1. The highest BCUT2D eigenvalue weighted by Gasteiger charge is 2.33. The first kappa shape index (κ1) is 29.4. The number of hydrogen-bond acceptors (Lipinski definition) is 10. The summed E-state index contributed by atoms with van der Waals surface area (Å²) in [5.41, 5.74) is 6.14. The molecule has 44 heavy (non-hydrogen) atoms. The minimum absolute atomic E-state index is 0.00470. The molecular formula is C30H31FN8O4S. The van der Waals surface area contributed by atoms with Gasteiger partial charge in [0.25, 0.3) is 0 Å². The van der Waals surface area contributed by atoms with Crippen molar-refractivity contribution in [2.75, 3.05) is 36.5 Å². The van der Waals surface area contributed by atoms with E-state index in [-0.39, 0.29) is 62.2 Å². The predicted octanol–water partition coefficient (Wildman–Crippen LogP) is 2.85. The lowest BCUT2D eigenvalue weighted by molar-refractivity contribution is -0.126. The molecular weight excluding hydrogens is 587 g/mol. The van der Waals surface area contributed by atoms with Gasteiger partial charge in [0.2, 0.25) is 5.91 Å². The Kier molecular flexibility index (Phi) is 7.40. The molecule has 0 bridgehead atoms. The first-order chi connectivity index (χ1) is 21.0. The Morgan fingerprint density at radius 2 is 1.95 bits per heavy atom. The Hall–Kier alpha value is -4.72. The van der Waals surface area contributed by atoms with Crippen LogP contribution in [0.15, 0.2) is 59.1 Å². The zero-order chi connectivity index (χ0) is 31.3. The molecule has 1 atom stereocenters. The summed E-state index contributed by atoms with van der Waals surface area (Å²) >= 11 is 0. The van der Waals surface area contributed by atoms with Gasteiger partial charge in [0, 0.05) is 67.7 Å². The maximum Gasteiger partial charge on any atom is 0.355 e. The second kappa shape index (κ2) is 11.1. The van der Waals surface area contributed by atoms with E-state index in [1.54, 1.807) is 4.90 Å². The number of aromatic nitrogens is 5. The fourth-order valence-electron chi connectivity index (χ4n) is 5.88. The van der Waals surface area contributed by atoms with Crippen LogP contribution in [0.5, 0.6) is 0 Å². The molecule has 6 rings (SSSR count). The summed E-state index contributed by atoms with van der Waals surface area (Å²) in [5, 5.41) is 0.187. The lowest BCUT2D eigenvalue weighted by atomic mass is 9.82. The Morgan fingerprint density at radius 3 is 2.59 bits per heavy atom. The van der Waals surface area contributed by atoms with Gasteiger partial charge >= 0.3 is 5.69 Å². The van der Waals surface area contributed by atoms with Crippen molar-refractivity contribution in [2.45, 2.75) is 43.0 Å². The molecule has 0 radical (unpaired) electrons. The third-order valence-corrected chi connectivity index (χ3v) is 9.46. The summed E-state index contributed by atoms with van der Waals surface area (Å²) in [7, 11) is -3.86. The Labute approximate surface area is 253 Å². The molecule has 0 spiro atoms. The van der Waals surface area contributed by atoms with Crippen molar-refractivity contribution in [2.24, 2.45) is 0 Å². The van der Waals surface area contributed by atoms with E-state index >= 15 is 4.39 Å². The van der Waals surface area contributed by atoms with Gasteiger partial charge in [-0.05, 0) is 44.0 Å². The Morgan fingerprint density at radius 1 is 1.18 bits per heavy atom. The lowest BCUT2D eigenvalue weighted by Crippen LogP contribution is -2.54. The quantitative estimate of drug-likeness (QED) is 0.319. The molecule has 14 heteroatoms. The van der Waals surface area contributed by atoms with Crippen LogP contribution in [0, 0.1) is 5.82 Å². The van der Waals surface area contributed by atoms with Gasteiger partial charge in [-0.1, -0.05) is 13.0 Å². The van der Waals surface area contributed by atoms with Gasteiger partial charge in [-0.2, -0.15) is 4.98 Å². The van der Waals surface area contributed by atoms with Crippen LogP contribution >= 0.6 is 0 Å². The van der Waals surface area contributed by atoms with Crippen molar-refractivity contribution in [3.63, 3.8) is 0 Å². The zero-order valence-corrected chi connectivity index (χ0v) is 25.1. The molecule has 5 heterocycles. The first-order valence-corrected chi connectivity index (χ1v) is 16.1. The summed E-state index contributed by atoms with van der Waals surface area (Å²) in [6, 6.07) is 3.79. The standard InChI is InChI=1S/C30H31FN8O4S/c1-4-24(40)37-12-13-38(17(2)16-37)28-19-14-21(31)26(20-15-33-10-8-22(20)32)35-29(19)39(30(41)36-28)27-23(44(3,42)43)9-11-34-25(27)18-6-5-7-18/h4,8-11,14-15,17-18H,1,5-7,12-13,16H2,2-3H3,(H2,32,33)/t17-/m0/s1. The monoisotopic (exact) mass is 618 g/mol. The number of piperazine rings is 1. The molecule has 12 nitrogen and oxygen atoms in total. The summed E-state index contributed by atoms with van der Waals surface area (Å²) < 4.78 is 43.3. The minimum Gasteiger partial charge on any atom is -0.398 e. The van der Waals surface area contributed by atoms with E-state index in [4.69, 9.17) is 5.73 Å². The van der Waals surface area contributed by atoms with Crippen LogP contribution in [-0.2, 0) is 14.6 Å². The van der Waals surface area contributed by atoms with E-state index < -0.39 is 21.3 Å². The Balaban J connectivity index is 1.67. The fourth-order valence-corrected chi connectivity index (χ4v) is 6.73. The minimum atomic E-state index is -3.86. The fraction of sp³-hybridized carbons (Fsp3) is 0.333. The van der Waals surface area contributed by atoms with E-state index in [2.05, 4.69) is 26.5 Å². The first-order valence-electron chi connectivity index (χ1n) is 14.2. The molecule has 4 aromatic rings. The smallest absolute Gasteiger partial charge is 0.355 e. The van der Waals surface area contributed by atoms with Crippen LogP contribution in [0.2, 0.25) is 0 Å². The van der Waals surface area contributed by atoms with Gasteiger partial charge in [0.15, 0.2) is 21.3 Å². The normalized spacial score (nSPS) is 17.5. The molecule has 228 valence electrons. The van der Waals surface area contributed by atoms with E-state index in [9.17, 15) is 18.0 Å². The van der Waals surface area contributed by atoms with Gasteiger partial charge in [0.05, 0.1) is 21.7 Å². The number of carbonyl (C=O) groups is 1. The van der Waals surface area contributed by atoms with Crippen LogP contribution in [0.4, 0.5) is 15.9 Å². The summed E-state index contributed by atoms with van der Waals surface area (Å²) in [4.78, 5) is 47.4. The van der Waals surface area contributed by atoms with Crippen LogP contribution in [-0.4, -0.2) is 75.7 Å². The average Bonchev–Trinajstić information content (AvgIpc) is 2.95. The van der Waals surface area contributed by atoms with Crippen molar-refractivity contribution >= 4 is 38.3 Å². The van der Waals surface area contributed by atoms with Crippen LogP contribution in [0.1, 0.15) is 37.8 Å². The van der Waals surface area contributed by atoms with Crippen LogP contribution < -0.4 is 16.3 Å². The molecule has 2 N–H and O–H groups in total. The number of carbonyl (C=O) groups excluding carboxylic acids is 1. The highest BCUT2D eigenvalue weighted by molar-refractivity contribution is 7.90. The number of nitrogens with two attached hydrogens (primary N) is 1. The van der Waals surface area contributed by atoms with E-state index in [0.29, 0.717) is 25.3 Å². The molecule has 2 fully saturated rings. The number of fused-ring (bicyclic) bond motifs is 1. The van der Waals surface area contributed by atoms with Crippen LogP contribution in [0.25, 0.3) is 28.0 Å². The van der Waals surface area contributed by atoms with Gasteiger partial charge < -0.3 is 15.5 Å². The third-order valence-electron chi connectivity index (χ3n) is 8.33. The number of rotatable bonds is 6. The lowest BCUT2D eigenvalue weighted by Gasteiger charge is -2.40. The Bertz CT molecular complexity index is 1990. The highest BCUT2D eigenvalue weighted by Crippen LogP contribution is 2.41. The van der Waals surface area contributed by atoms with Crippen molar-refractivity contribution in [1.82, 2.24) is 29.4 Å². The maximum absolute atomic E-state index is 16.0. The maximum atomic E-state index is 16.0. The number of nitrogens with zero attached hydrogens (tertiary/aromatic N) is 7. The van der Waals surface area contributed by atoms with Crippen molar-refractivity contribution in [3.8, 4) is 16.9 Å². The number of nitrogen functional groups attached to an aromatic ring is 1.